The number of carboxylic acids is 1. The average molecular weight is 358 g/mol. The fraction of sp³-hybridized carbons (Fsp3) is 0.176. The Bertz CT molecular complexity index is 810. The first-order valence-electron chi connectivity index (χ1n) is 7.70. The number of anilines is 2. The van der Waals surface area contributed by atoms with Gasteiger partial charge in [0.2, 0.25) is 5.91 Å². The highest BCUT2D eigenvalue weighted by Gasteiger charge is 2.21. The third kappa shape index (κ3) is 5.28. The number of amides is 1. The quantitative estimate of drug-likeness (QED) is 0.319. The highest BCUT2D eigenvalue weighted by molar-refractivity contribution is 5.96. The molecule has 0 aliphatic rings. The van der Waals surface area contributed by atoms with Crippen molar-refractivity contribution in [3.63, 3.8) is 0 Å². The summed E-state index contributed by atoms with van der Waals surface area (Å²) in [4.78, 5) is 33.7. The molecule has 1 atom stereocenters. The molecule has 1 amide bonds. The fourth-order valence-electron chi connectivity index (χ4n) is 2.24. The third-order valence-corrected chi connectivity index (χ3v) is 3.60. The molecule has 2 aromatic carbocycles. The molecule has 0 aliphatic heterocycles. The van der Waals surface area contributed by atoms with Crippen molar-refractivity contribution in [1.82, 2.24) is 5.32 Å². The number of carboxylic acid groups (broad SMARTS) is 1. The number of hydrogen-bond acceptors (Lipinski definition) is 6. The average Bonchev–Trinajstić information content (AvgIpc) is 2.61. The number of nitrogen functional groups attached to an aromatic ring is 1. The van der Waals surface area contributed by atoms with Crippen molar-refractivity contribution in [3.8, 4) is 0 Å². The monoisotopic (exact) mass is 358 g/mol. The number of non-ortho nitro benzene ring substituents is 1. The summed E-state index contributed by atoms with van der Waals surface area (Å²) in [7, 11) is 0. The van der Waals surface area contributed by atoms with Gasteiger partial charge in [-0.05, 0) is 11.6 Å². The molecule has 0 heterocycles. The van der Waals surface area contributed by atoms with Crippen molar-refractivity contribution < 1.29 is 19.6 Å². The molecule has 0 fully saturated rings. The number of benzene rings is 2. The van der Waals surface area contributed by atoms with Gasteiger partial charge >= 0.3 is 5.97 Å². The van der Waals surface area contributed by atoms with Crippen LogP contribution < -0.4 is 16.4 Å². The van der Waals surface area contributed by atoms with E-state index >= 15 is 0 Å². The Morgan fingerprint density at radius 3 is 2.50 bits per heavy atom. The zero-order valence-corrected chi connectivity index (χ0v) is 13.7. The lowest BCUT2D eigenvalue weighted by Gasteiger charge is -2.15. The predicted octanol–water partition coefficient (Wildman–Crippen LogP) is 1.75. The van der Waals surface area contributed by atoms with Gasteiger partial charge in [0, 0.05) is 18.7 Å². The Morgan fingerprint density at radius 1 is 1.19 bits per heavy atom. The van der Waals surface area contributed by atoms with Crippen LogP contribution in [0.4, 0.5) is 17.1 Å². The van der Waals surface area contributed by atoms with E-state index in [1.54, 1.807) is 0 Å². The molecule has 0 aliphatic carbocycles. The second-order valence-electron chi connectivity index (χ2n) is 5.54. The molecule has 2 rings (SSSR count). The van der Waals surface area contributed by atoms with E-state index in [0.717, 1.165) is 11.6 Å². The lowest BCUT2D eigenvalue weighted by atomic mass is 10.1. The van der Waals surface area contributed by atoms with Crippen LogP contribution in [0.5, 0.6) is 0 Å². The van der Waals surface area contributed by atoms with E-state index in [1.807, 2.05) is 30.3 Å². The Balaban J connectivity index is 2.00. The van der Waals surface area contributed by atoms with Crippen LogP contribution in [0.1, 0.15) is 12.0 Å². The van der Waals surface area contributed by atoms with Crippen LogP contribution in [0.25, 0.3) is 0 Å². The highest BCUT2D eigenvalue weighted by Crippen LogP contribution is 2.24. The van der Waals surface area contributed by atoms with Crippen LogP contribution in [0.3, 0.4) is 0 Å². The summed E-state index contributed by atoms with van der Waals surface area (Å²) in [6.07, 6.45) is -0.357. The van der Waals surface area contributed by atoms with Crippen molar-refractivity contribution in [3.05, 3.63) is 64.2 Å². The number of carbonyl (C=O) groups is 2. The maximum Gasteiger partial charge on any atom is 0.321 e. The third-order valence-electron chi connectivity index (χ3n) is 3.60. The maximum atomic E-state index is 12.1. The number of aliphatic carboxylic acids is 1. The smallest absolute Gasteiger partial charge is 0.321 e. The summed E-state index contributed by atoms with van der Waals surface area (Å²) in [6, 6.07) is 11.7. The molecule has 0 saturated carbocycles. The first kappa shape index (κ1) is 18.9. The van der Waals surface area contributed by atoms with E-state index < -0.39 is 22.8 Å². The normalized spacial score (nSPS) is 11.5. The molecule has 0 aromatic heterocycles. The summed E-state index contributed by atoms with van der Waals surface area (Å²) in [6.45, 7) is 0.282. The Morgan fingerprint density at radius 2 is 1.88 bits per heavy atom. The number of nitrogens with zero attached hydrogens (tertiary/aromatic N) is 1. The van der Waals surface area contributed by atoms with E-state index in [0.29, 0.717) is 0 Å². The molecule has 5 N–H and O–H groups in total. The summed E-state index contributed by atoms with van der Waals surface area (Å²) in [5.74, 6) is -1.80. The molecule has 0 bridgehead atoms. The largest absolute Gasteiger partial charge is 0.480 e. The molecule has 9 heteroatoms. The molecule has 0 unspecified atom stereocenters. The molecule has 136 valence electrons. The minimum Gasteiger partial charge on any atom is -0.480 e. The lowest BCUT2D eigenvalue weighted by Crippen LogP contribution is -2.39. The van der Waals surface area contributed by atoms with Gasteiger partial charge in [0.15, 0.2) is 0 Å². The Labute approximate surface area is 149 Å². The number of nitro benzene ring substituents is 1. The van der Waals surface area contributed by atoms with E-state index in [1.165, 1.54) is 12.1 Å². The second kappa shape index (κ2) is 8.58. The number of nitrogens with one attached hydrogen (secondary N) is 2. The maximum absolute atomic E-state index is 12.1. The van der Waals surface area contributed by atoms with Crippen molar-refractivity contribution in [2.75, 3.05) is 11.1 Å². The minimum absolute atomic E-state index is 0.0661. The molecule has 0 radical (unpaired) electrons. The van der Waals surface area contributed by atoms with Gasteiger partial charge in [-0.2, -0.15) is 0 Å². The Hall–Kier alpha value is -3.46. The number of nitrogens with two attached hydrogens (primary N) is 1. The summed E-state index contributed by atoms with van der Waals surface area (Å²) in [5.41, 5.74) is 6.55. The second-order valence-corrected chi connectivity index (χ2v) is 5.54. The van der Waals surface area contributed by atoms with Crippen molar-refractivity contribution in [1.29, 1.82) is 0 Å². The molecule has 0 spiro atoms. The van der Waals surface area contributed by atoms with Crippen molar-refractivity contribution in [2.24, 2.45) is 0 Å². The molecular weight excluding hydrogens is 340 g/mol. The number of carbonyl (C=O) groups excluding carboxylic acids is 1. The van der Waals surface area contributed by atoms with E-state index in [2.05, 4.69) is 10.6 Å². The summed E-state index contributed by atoms with van der Waals surface area (Å²) in [5, 5.41) is 25.3. The molecule has 9 nitrogen and oxygen atoms in total. The van der Waals surface area contributed by atoms with Crippen molar-refractivity contribution in [2.45, 2.75) is 19.0 Å². The van der Waals surface area contributed by atoms with Crippen LogP contribution in [0.15, 0.2) is 48.5 Å². The van der Waals surface area contributed by atoms with Crippen LogP contribution in [-0.2, 0) is 16.1 Å². The Kier molecular flexibility index (Phi) is 6.23. The summed E-state index contributed by atoms with van der Waals surface area (Å²) >= 11 is 0. The molecule has 26 heavy (non-hydrogen) atoms. The predicted molar refractivity (Wildman–Crippen MR) is 95.5 cm³/mol. The first-order chi connectivity index (χ1) is 12.4. The van der Waals surface area contributed by atoms with Gasteiger partial charge in [0.1, 0.15) is 6.04 Å². The van der Waals surface area contributed by atoms with Gasteiger partial charge in [-0.25, -0.2) is 0 Å². The van der Waals surface area contributed by atoms with Gasteiger partial charge in [0.05, 0.1) is 22.7 Å². The number of hydrogen-bond donors (Lipinski definition) is 4. The van der Waals surface area contributed by atoms with Gasteiger partial charge in [-0.1, -0.05) is 30.3 Å². The van der Waals surface area contributed by atoms with Gasteiger partial charge in [-0.3, -0.25) is 25.0 Å². The zero-order chi connectivity index (χ0) is 19.1. The number of rotatable bonds is 8. The lowest BCUT2D eigenvalue weighted by molar-refractivity contribution is -0.384. The fourth-order valence-corrected chi connectivity index (χ4v) is 2.24. The minimum atomic E-state index is -1.18. The van der Waals surface area contributed by atoms with Crippen LogP contribution in [0.2, 0.25) is 0 Å². The van der Waals surface area contributed by atoms with Crippen molar-refractivity contribution >= 4 is 28.9 Å². The highest BCUT2D eigenvalue weighted by atomic mass is 16.6. The molecule has 0 saturated heterocycles. The van der Waals surface area contributed by atoms with Crippen LogP contribution in [0, 0.1) is 10.1 Å². The molecule has 2 aromatic rings. The van der Waals surface area contributed by atoms with Crippen LogP contribution in [-0.4, -0.2) is 27.9 Å². The van der Waals surface area contributed by atoms with E-state index in [9.17, 15) is 24.8 Å². The number of nitro groups is 1. The van der Waals surface area contributed by atoms with E-state index in [4.69, 9.17) is 5.73 Å². The van der Waals surface area contributed by atoms with Gasteiger partial charge < -0.3 is 16.2 Å². The summed E-state index contributed by atoms with van der Waals surface area (Å²) < 4.78 is 0. The van der Waals surface area contributed by atoms with Gasteiger partial charge in [0.25, 0.3) is 5.69 Å². The van der Waals surface area contributed by atoms with Crippen LogP contribution >= 0.6 is 0 Å². The topological polar surface area (TPSA) is 148 Å². The standard InChI is InChI=1S/C17H18N4O5/c18-13-7-6-12(21(25)26)8-14(13)20-16(22)9-15(17(23)24)19-10-11-4-2-1-3-5-11/h1-8,15,19H,9-10,18H2,(H,20,22)(H,23,24)/t15-/m0/s1. The first-order valence-corrected chi connectivity index (χ1v) is 7.70. The SMILES string of the molecule is Nc1ccc([N+](=O)[O-])cc1NC(=O)C[C@H](NCc1ccccc1)C(=O)O. The zero-order valence-electron chi connectivity index (χ0n) is 13.7. The van der Waals surface area contributed by atoms with E-state index in [-0.39, 0.29) is 30.0 Å². The van der Waals surface area contributed by atoms with Gasteiger partial charge in [-0.15, -0.1) is 0 Å². The molecular formula is C17H18N4O5.